The smallest absolute Gasteiger partial charge is 0.153 e. The second-order valence-electron chi connectivity index (χ2n) is 4.87. The summed E-state index contributed by atoms with van der Waals surface area (Å²) in [5.41, 5.74) is 7.68. The van der Waals surface area contributed by atoms with Crippen molar-refractivity contribution in [2.45, 2.75) is 13.0 Å². The van der Waals surface area contributed by atoms with E-state index in [-0.39, 0.29) is 6.04 Å². The van der Waals surface area contributed by atoms with Crippen molar-refractivity contribution in [3.8, 4) is 11.5 Å². The Labute approximate surface area is 128 Å². The maximum atomic E-state index is 6.20. The van der Waals surface area contributed by atoms with Gasteiger partial charge in [0.15, 0.2) is 5.75 Å². The summed E-state index contributed by atoms with van der Waals surface area (Å²) in [6, 6.07) is 15.1. The lowest BCUT2D eigenvalue weighted by atomic mass is 10.1. The van der Waals surface area contributed by atoms with Gasteiger partial charge in [-0.3, -0.25) is 4.98 Å². The fourth-order valence-corrected chi connectivity index (χ4v) is 2.48. The molecule has 3 nitrogen and oxygen atoms in total. The molecule has 2 N–H and O–H groups in total. The molecule has 21 heavy (non-hydrogen) atoms. The molecule has 0 saturated heterocycles. The van der Waals surface area contributed by atoms with Crippen LogP contribution in [0.4, 0.5) is 0 Å². The lowest BCUT2D eigenvalue weighted by Crippen LogP contribution is -2.06. The van der Waals surface area contributed by atoms with E-state index in [9.17, 15) is 0 Å². The molecule has 0 aliphatic heterocycles. The van der Waals surface area contributed by atoms with Gasteiger partial charge in [0.05, 0.1) is 5.02 Å². The maximum absolute atomic E-state index is 6.20. The zero-order valence-corrected chi connectivity index (χ0v) is 12.3. The zero-order valence-electron chi connectivity index (χ0n) is 11.6. The van der Waals surface area contributed by atoms with Crippen LogP contribution in [0.15, 0.2) is 54.7 Å². The van der Waals surface area contributed by atoms with Crippen molar-refractivity contribution < 1.29 is 4.74 Å². The fraction of sp³-hybridized carbons (Fsp3) is 0.118. The molecule has 0 amide bonds. The topological polar surface area (TPSA) is 48.1 Å². The summed E-state index contributed by atoms with van der Waals surface area (Å²) >= 11 is 6.20. The fourth-order valence-electron chi connectivity index (χ4n) is 2.26. The van der Waals surface area contributed by atoms with Crippen LogP contribution in [0.3, 0.4) is 0 Å². The molecule has 0 radical (unpaired) electrons. The third-order valence-corrected chi connectivity index (χ3v) is 3.64. The van der Waals surface area contributed by atoms with E-state index < -0.39 is 0 Å². The number of pyridine rings is 1. The van der Waals surface area contributed by atoms with Gasteiger partial charge < -0.3 is 10.5 Å². The highest BCUT2D eigenvalue weighted by Gasteiger charge is 2.11. The molecule has 0 bridgehead atoms. The van der Waals surface area contributed by atoms with Crippen molar-refractivity contribution in [1.82, 2.24) is 4.98 Å². The number of ether oxygens (including phenoxy) is 1. The summed E-state index contributed by atoms with van der Waals surface area (Å²) in [5, 5.41) is 1.53. The molecular weight excluding hydrogens is 284 g/mol. The Balaban J connectivity index is 2.09. The quantitative estimate of drug-likeness (QED) is 0.762. The Kier molecular flexibility index (Phi) is 3.78. The molecule has 0 fully saturated rings. The molecule has 3 aromatic rings. The van der Waals surface area contributed by atoms with Crippen LogP contribution in [0.2, 0.25) is 5.02 Å². The van der Waals surface area contributed by atoms with Crippen LogP contribution in [0.25, 0.3) is 10.9 Å². The van der Waals surface area contributed by atoms with E-state index in [0.717, 1.165) is 22.2 Å². The first-order chi connectivity index (χ1) is 10.2. The molecule has 106 valence electrons. The number of nitrogens with two attached hydrogens (primary N) is 1. The van der Waals surface area contributed by atoms with Gasteiger partial charge in [0.1, 0.15) is 11.3 Å². The molecule has 1 heterocycles. The van der Waals surface area contributed by atoms with Crippen LogP contribution >= 0.6 is 11.6 Å². The number of nitrogens with zero attached hydrogens (tertiary/aromatic N) is 1. The average molecular weight is 299 g/mol. The lowest BCUT2D eigenvalue weighted by Gasteiger charge is -2.14. The molecule has 0 spiro atoms. The number of fused-ring (bicyclic) bond motifs is 1. The predicted molar refractivity (Wildman–Crippen MR) is 85.9 cm³/mol. The van der Waals surface area contributed by atoms with Crippen LogP contribution in [0, 0.1) is 0 Å². The first-order valence-corrected chi connectivity index (χ1v) is 7.10. The summed E-state index contributed by atoms with van der Waals surface area (Å²) in [4.78, 5) is 4.37. The normalized spacial score (nSPS) is 12.3. The second kappa shape index (κ2) is 5.72. The van der Waals surface area contributed by atoms with Gasteiger partial charge in [0.2, 0.25) is 0 Å². The molecule has 0 aliphatic carbocycles. The molecule has 3 rings (SSSR count). The second-order valence-corrected chi connectivity index (χ2v) is 5.28. The highest BCUT2D eigenvalue weighted by molar-refractivity contribution is 6.35. The van der Waals surface area contributed by atoms with Gasteiger partial charge in [-0.1, -0.05) is 29.8 Å². The largest absolute Gasteiger partial charge is 0.455 e. The van der Waals surface area contributed by atoms with Crippen molar-refractivity contribution in [3.63, 3.8) is 0 Å². The minimum absolute atomic E-state index is 0.104. The monoisotopic (exact) mass is 298 g/mol. The average Bonchev–Trinajstić information content (AvgIpc) is 2.51. The summed E-state index contributed by atoms with van der Waals surface area (Å²) in [7, 11) is 0. The summed E-state index contributed by atoms with van der Waals surface area (Å²) in [6.07, 6.45) is 1.73. The van der Waals surface area contributed by atoms with E-state index in [1.165, 1.54) is 0 Å². The van der Waals surface area contributed by atoms with E-state index in [0.29, 0.717) is 10.8 Å². The van der Waals surface area contributed by atoms with Gasteiger partial charge in [-0.15, -0.1) is 0 Å². The van der Waals surface area contributed by atoms with Crippen molar-refractivity contribution in [2.75, 3.05) is 0 Å². The molecule has 1 unspecified atom stereocenters. The number of aromatic nitrogens is 1. The number of hydrogen-bond donors (Lipinski definition) is 1. The van der Waals surface area contributed by atoms with Crippen LogP contribution in [0.5, 0.6) is 11.5 Å². The van der Waals surface area contributed by atoms with Gasteiger partial charge in [-0.05, 0) is 37.3 Å². The number of rotatable bonds is 3. The molecule has 0 aliphatic rings. The summed E-state index contributed by atoms with van der Waals surface area (Å²) in [5.74, 6) is 1.41. The van der Waals surface area contributed by atoms with Crippen LogP contribution in [-0.2, 0) is 0 Å². The number of hydrogen-bond acceptors (Lipinski definition) is 3. The highest BCUT2D eigenvalue weighted by Crippen LogP contribution is 2.34. The zero-order chi connectivity index (χ0) is 14.8. The Bertz CT molecular complexity index is 787. The Hall–Kier alpha value is -2.10. The Morgan fingerprint density at radius 2 is 1.86 bits per heavy atom. The first-order valence-electron chi connectivity index (χ1n) is 6.72. The molecule has 2 aromatic carbocycles. The number of para-hydroxylation sites is 1. The maximum Gasteiger partial charge on any atom is 0.153 e. The molecular formula is C17H15ClN2O. The van der Waals surface area contributed by atoms with Crippen LogP contribution in [-0.4, -0.2) is 4.98 Å². The SMILES string of the molecule is CC(N)c1ccccc1Oc1ccc(Cl)c2cccnc12. The molecule has 4 heteroatoms. The van der Waals surface area contributed by atoms with Gasteiger partial charge >= 0.3 is 0 Å². The number of benzene rings is 2. The molecule has 1 aromatic heterocycles. The minimum atomic E-state index is -0.104. The van der Waals surface area contributed by atoms with Gasteiger partial charge in [0, 0.05) is 23.2 Å². The lowest BCUT2D eigenvalue weighted by molar-refractivity contribution is 0.476. The van der Waals surface area contributed by atoms with E-state index in [2.05, 4.69) is 4.98 Å². The standard InChI is InChI=1S/C17H15ClN2O/c1-11(19)12-5-2-3-7-15(12)21-16-9-8-14(18)13-6-4-10-20-17(13)16/h2-11H,19H2,1H3. The van der Waals surface area contributed by atoms with Gasteiger partial charge in [0.25, 0.3) is 0 Å². The Morgan fingerprint density at radius 3 is 2.67 bits per heavy atom. The van der Waals surface area contributed by atoms with Crippen molar-refractivity contribution in [2.24, 2.45) is 5.73 Å². The first kappa shape index (κ1) is 13.9. The summed E-state index contributed by atoms with van der Waals surface area (Å²) in [6.45, 7) is 1.93. The number of halogens is 1. The van der Waals surface area contributed by atoms with Gasteiger partial charge in [-0.2, -0.15) is 0 Å². The predicted octanol–water partition coefficient (Wildman–Crippen LogP) is 4.70. The highest BCUT2D eigenvalue weighted by atomic mass is 35.5. The van der Waals surface area contributed by atoms with Crippen molar-refractivity contribution in [3.05, 3.63) is 65.3 Å². The summed E-state index contributed by atoms with van der Waals surface area (Å²) < 4.78 is 6.04. The van der Waals surface area contributed by atoms with Crippen molar-refractivity contribution >= 4 is 22.5 Å². The Morgan fingerprint density at radius 1 is 1.05 bits per heavy atom. The molecule has 0 saturated carbocycles. The molecule has 1 atom stereocenters. The van der Waals surface area contributed by atoms with Crippen molar-refractivity contribution in [1.29, 1.82) is 0 Å². The van der Waals surface area contributed by atoms with Gasteiger partial charge in [-0.25, -0.2) is 0 Å². The third-order valence-electron chi connectivity index (χ3n) is 3.31. The van der Waals surface area contributed by atoms with E-state index >= 15 is 0 Å². The van der Waals surface area contributed by atoms with Crippen LogP contribution in [0.1, 0.15) is 18.5 Å². The van der Waals surface area contributed by atoms with Crippen LogP contribution < -0.4 is 10.5 Å². The minimum Gasteiger partial charge on any atom is -0.455 e. The third kappa shape index (κ3) is 2.71. The van der Waals surface area contributed by atoms with E-state index in [1.807, 2.05) is 55.5 Å². The van der Waals surface area contributed by atoms with E-state index in [4.69, 9.17) is 22.1 Å². The van der Waals surface area contributed by atoms with E-state index in [1.54, 1.807) is 6.20 Å².